The summed E-state index contributed by atoms with van der Waals surface area (Å²) in [5.74, 6) is 0. The molecule has 4 heterocycles. The van der Waals surface area contributed by atoms with Crippen molar-refractivity contribution >= 4 is 72.8 Å². The Labute approximate surface area is 319 Å². The van der Waals surface area contributed by atoms with E-state index in [4.69, 9.17) is 0 Å². The molecule has 0 radical (unpaired) electrons. The van der Waals surface area contributed by atoms with Gasteiger partial charge in [0.05, 0.1) is 27.8 Å². The van der Waals surface area contributed by atoms with Gasteiger partial charge in [-0.1, -0.05) is 135 Å². The molecule has 1 aliphatic carbocycles. The number of hydrogen-bond acceptors (Lipinski definition) is 1. The molecule has 0 atom stereocenters. The molecule has 0 fully saturated rings. The predicted molar refractivity (Wildman–Crippen MR) is 232 cm³/mol. The second-order valence-electron chi connectivity index (χ2n) is 16.1. The Balaban J connectivity index is 1.27. The third-order valence-electron chi connectivity index (χ3n) is 13.1. The summed E-state index contributed by atoms with van der Waals surface area (Å²) in [6, 6.07) is 63.7. The van der Waals surface area contributed by atoms with Gasteiger partial charge in [0.25, 0.3) is 0 Å². The molecular weight excluding hydrogens is 665 g/mol. The lowest BCUT2D eigenvalue weighted by atomic mass is 9.43. The summed E-state index contributed by atoms with van der Waals surface area (Å²) in [6.45, 7) is 4.76. The van der Waals surface area contributed by atoms with Crippen molar-refractivity contribution < 1.29 is 0 Å². The van der Waals surface area contributed by atoms with Gasteiger partial charge in [0, 0.05) is 49.6 Å². The number of para-hydroxylation sites is 5. The molecule has 55 heavy (non-hydrogen) atoms. The zero-order valence-corrected chi connectivity index (χ0v) is 30.6. The van der Waals surface area contributed by atoms with Gasteiger partial charge in [0.15, 0.2) is 0 Å². The van der Waals surface area contributed by atoms with Crippen LogP contribution < -0.4 is 15.7 Å². The molecule has 3 aliphatic rings. The zero-order valence-electron chi connectivity index (χ0n) is 30.6. The predicted octanol–water partition coefficient (Wildman–Crippen LogP) is 11.4. The molecule has 10 aromatic rings. The van der Waals surface area contributed by atoms with Crippen molar-refractivity contribution in [1.29, 1.82) is 0 Å². The average Bonchev–Trinajstić information content (AvgIpc) is 3.84. The minimum absolute atomic E-state index is 0.0429. The lowest BCUT2D eigenvalue weighted by Gasteiger charge is -2.42. The van der Waals surface area contributed by atoms with E-state index in [0.29, 0.717) is 0 Å². The first kappa shape index (κ1) is 29.7. The maximum atomic E-state index is 2.62. The fourth-order valence-corrected chi connectivity index (χ4v) is 10.8. The first-order valence-corrected chi connectivity index (χ1v) is 19.4. The van der Waals surface area contributed by atoms with Crippen molar-refractivity contribution in [2.24, 2.45) is 0 Å². The fraction of sp³-hybridized carbons (Fsp3) is 0.0588. The van der Waals surface area contributed by atoms with Crippen LogP contribution in [0.15, 0.2) is 170 Å². The van der Waals surface area contributed by atoms with Crippen molar-refractivity contribution in [1.82, 2.24) is 9.13 Å². The highest BCUT2D eigenvalue weighted by atomic mass is 15.1. The third-order valence-corrected chi connectivity index (χ3v) is 13.1. The third kappa shape index (κ3) is 3.58. The molecule has 0 spiro atoms. The monoisotopic (exact) mass is 699 g/mol. The Hall–Kier alpha value is -6.78. The van der Waals surface area contributed by atoms with Crippen molar-refractivity contribution in [2.75, 3.05) is 4.81 Å². The van der Waals surface area contributed by atoms with E-state index in [1.807, 2.05) is 0 Å². The summed E-state index contributed by atoms with van der Waals surface area (Å²) in [6.07, 6.45) is 0. The molecule has 2 aromatic heterocycles. The first-order valence-electron chi connectivity index (χ1n) is 19.4. The molecule has 2 aliphatic heterocycles. The highest BCUT2D eigenvalue weighted by Gasteiger charge is 2.46. The number of rotatable bonds is 2. The van der Waals surface area contributed by atoms with Gasteiger partial charge in [-0.05, 0) is 87.3 Å². The maximum Gasteiger partial charge on any atom is 0.333 e. The Morgan fingerprint density at radius 3 is 1.76 bits per heavy atom. The van der Waals surface area contributed by atoms with Crippen molar-refractivity contribution in [3.63, 3.8) is 0 Å². The van der Waals surface area contributed by atoms with Crippen molar-refractivity contribution in [3.05, 3.63) is 181 Å². The minimum atomic E-state index is -0.122. The number of benzene rings is 8. The van der Waals surface area contributed by atoms with Crippen molar-refractivity contribution in [3.8, 4) is 33.6 Å². The number of anilines is 2. The molecule has 0 saturated heterocycles. The van der Waals surface area contributed by atoms with Crippen LogP contribution in [-0.4, -0.2) is 16.0 Å². The molecule has 0 saturated carbocycles. The lowest BCUT2D eigenvalue weighted by Crippen LogP contribution is -2.60. The van der Waals surface area contributed by atoms with Crippen LogP contribution in [-0.2, 0) is 5.41 Å². The van der Waals surface area contributed by atoms with E-state index < -0.39 is 0 Å². The molecule has 0 N–H and O–H groups in total. The second-order valence-corrected chi connectivity index (χ2v) is 16.1. The van der Waals surface area contributed by atoms with Gasteiger partial charge in [0.2, 0.25) is 0 Å². The van der Waals surface area contributed by atoms with E-state index in [1.54, 1.807) is 0 Å². The molecular formula is C51H34BN3. The van der Waals surface area contributed by atoms with Crippen LogP contribution in [0, 0.1) is 0 Å². The highest BCUT2D eigenvalue weighted by molar-refractivity contribution is 6.93. The summed E-state index contributed by atoms with van der Waals surface area (Å²) in [4.78, 5) is 2.62. The zero-order chi connectivity index (χ0) is 36.2. The molecule has 0 unspecified atom stereocenters. The van der Waals surface area contributed by atoms with Gasteiger partial charge < -0.3 is 13.9 Å². The number of hydrogen-bond donors (Lipinski definition) is 0. The normalized spacial score (nSPS) is 14.4. The topological polar surface area (TPSA) is 13.1 Å². The van der Waals surface area contributed by atoms with Gasteiger partial charge in [-0.25, -0.2) is 0 Å². The second kappa shape index (κ2) is 10.2. The van der Waals surface area contributed by atoms with E-state index in [9.17, 15) is 0 Å². The quantitative estimate of drug-likeness (QED) is 0.164. The van der Waals surface area contributed by atoms with E-state index in [2.05, 4.69) is 198 Å². The first-order chi connectivity index (χ1) is 27.1. The number of aromatic nitrogens is 2. The van der Waals surface area contributed by atoms with E-state index in [1.165, 1.54) is 111 Å². The fourth-order valence-electron chi connectivity index (χ4n) is 10.8. The summed E-state index contributed by atoms with van der Waals surface area (Å²) < 4.78 is 5.16. The van der Waals surface area contributed by atoms with Crippen molar-refractivity contribution in [2.45, 2.75) is 19.3 Å². The molecule has 0 amide bonds. The smallest absolute Gasteiger partial charge is 0.333 e. The minimum Gasteiger partial charge on any atom is -0.376 e. The molecule has 0 bridgehead atoms. The van der Waals surface area contributed by atoms with Crippen LogP contribution in [0.4, 0.5) is 11.4 Å². The van der Waals surface area contributed by atoms with E-state index in [-0.39, 0.29) is 12.3 Å². The Bertz CT molecular complexity index is 3260. The number of nitrogens with zero attached hydrogens (tertiary/aromatic N) is 3. The molecule has 13 rings (SSSR count). The molecule has 4 heteroatoms. The number of fused-ring (bicyclic) bond motifs is 14. The summed E-state index contributed by atoms with van der Waals surface area (Å²) in [5, 5.41) is 5.12. The molecule has 3 nitrogen and oxygen atoms in total. The Morgan fingerprint density at radius 1 is 0.436 bits per heavy atom. The van der Waals surface area contributed by atoms with E-state index in [0.717, 1.165) is 0 Å². The van der Waals surface area contributed by atoms with Crippen LogP contribution in [0.25, 0.3) is 77.2 Å². The Kier molecular flexibility index (Phi) is 5.53. The standard InChI is InChI=1S/C51H34BN3/c1-51(2)39-23-11-6-18-32(39)37-28-46-41(30-40(37)51)52-49-38(35-21-9-15-27-45(35)55(52)31-16-4-3-5-17-31)29-47(48-36-22-10-14-26-44(36)54(46)50(48)49)53-42-24-12-7-19-33(42)34-20-8-13-25-43(34)53/h3-30H,1-2H3. The summed E-state index contributed by atoms with van der Waals surface area (Å²) in [5.41, 5.74) is 20.6. The molecule has 8 aromatic carbocycles. The largest absolute Gasteiger partial charge is 0.376 e. The summed E-state index contributed by atoms with van der Waals surface area (Å²) in [7, 11) is 0. The SMILES string of the molecule is CC1(C)c2ccccc2-c2cc3c(cc21)B1c2c(cc(-n4c5ccccc5c5ccccc54)c4c5ccccc5n-3c24)-c2ccccc2N1c1ccccc1. The van der Waals surface area contributed by atoms with Gasteiger partial charge in [-0.2, -0.15) is 0 Å². The van der Waals surface area contributed by atoms with Gasteiger partial charge in [-0.15, -0.1) is 0 Å². The van der Waals surface area contributed by atoms with Crippen LogP contribution in [0.3, 0.4) is 0 Å². The average molecular weight is 700 g/mol. The van der Waals surface area contributed by atoms with Gasteiger partial charge >= 0.3 is 6.85 Å². The maximum absolute atomic E-state index is 2.62. The molecule has 256 valence electrons. The lowest BCUT2D eigenvalue weighted by molar-refractivity contribution is 0.661. The van der Waals surface area contributed by atoms with E-state index >= 15 is 0 Å². The van der Waals surface area contributed by atoms with Gasteiger partial charge in [0.1, 0.15) is 0 Å². The van der Waals surface area contributed by atoms with Crippen LogP contribution in [0.5, 0.6) is 0 Å². The Morgan fingerprint density at radius 2 is 1.02 bits per heavy atom. The van der Waals surface area contributed by atoms with Gasteiger partial charge in [-0.3, -0.25) is 0 Å². The van der Waals surface area contributed by atoms with Crippen LogP contribution in [0.2, 0.25) is 0 Å². The van der Waals surface area contributed by atoms with Crippen LogP contribution in [0.1, 0.15) is 25.0 Å². The summed E-state index contributed by atoms with van der Waals surface area (Å²) >= 11 is 0. The van der Waals surface area contributed by atoms with Crippen LogP contribution >= 0.6 is 0 Å². The highest BCUT2D eigenvalue weighted by Crippen LogP contribution is 2.52.